The van der Waals surface area contributed by atoms with Crippen LogP contribution in [0.2, 0.25) is 0 Å². The van der Waals surface area contributed by atoms with E-state index < -0.39 is 0 Å². The first-order valence-corrected chi connectivity index (χ1v) is 11.3. The number of guanidine groups is 1. The van der Waals surface area contributed by atoms with E-state index in [2.05, 4.69) is 60.1 Å². The van der Waals surface area contributed by atoms with Gasteiger partial charge in [-0.05, 0) is 30.9 Å². The predicted molar refractivity (Wildman–Crippen MR) is 114 cm³/mol. The quantitative estimate of drug-likeness (QED) is 0.601. The molecule has 0 spiro atoms. The van der Waals surface area contributed by atoms with Crippen LogP contribution in [0.4, 0.5) is 0 Å². The summed E-state index contributed by atoms with van der Waals surface area (Å²) in [4.78, 5) is 21.3. The molecule has 2 aliphatic heterocycles. The molecule has 2 saturated heterocycles. The number of nitrogens with one attached hydrogen (secondary N) is 1. The van der Waals surface area contributed by atoms with Crippen molar-refractivity contribution >= 4 is 23.6 Å². The van der Waals surface area contributed by atoms with Crippen LogP contribution in [0.1, 0.15) is 44.2 Å². The minimum atomic E-state index is 0.276. The second-order valence-electron chi connectivity index (χ2n) is 7.20. The lowest BCUT2D eigenvalue weighted by atomic mass is 10.1. The summed E-state index contributed by atoms with van der Waals surface area (Å²) in [5.74, 6) is 2.46. The summed E-state index contributed by atoms with van der Waals surface area (Å²) in [6.07, 6.45) is 2.87. The van der Waals surface area contributed by atoms with Crippen molar-refractivity contribution in [1.29, 1.82) is 0 Å². The summed E-state index contributed by atoms with van der Waals surface area (Å²) in [6, 6.07) is 8.40. The molecule has 0 aliphatic carbocycles. The average Bonchev–Trinajstić information content (AvgIpc) is 3.10. The van der Waals surface area contributed by atoms with Gasteiger partial charge >= 0.3 is 0 Å². The van der Waals surface area contributed by atoms with Crippen LogP contribution in [0, 0.1) is 0 Å². The predicted octanol–water partition coefficient (Wildman–Crippen LogP) is 3.10. The van der Waals surface area contributed by atoms with Gasteiger partial charge in [-0.25, -0.2) is 4.99 Å². The van der Waals surface area contributed by atoms with Crippen molar-refractivity contribution in [2.45, 2.75) is 51.4 Å². The molecule has 6 heteroatoms. The molecule has 27 heavy (non-hydrogen) atoms. The molecule has 1 aromatic rings. The zero-order chi connectivity index (χ0) is 19.1. The van der Waals surface area contributed by atoms with E-state index in [1.54, 1.807) is 0 Å². The molecule has 2 aliphatic rings. The first-order chi connectivity index (χ1) is 13.2. The Labute approximate surface area is 167 Å². The molecule has 1 amide bonds. The van der Waals surface area contributed by atoms with E-state index in [4.69, 9.17) is 4.99 Å². The van der Waals surface area contributed by atoms with Crippen molar-refractivity contribution in [3.63, 3.8) is 0 Å². The van der Waals surface area contributed by atoms with Crippen LogP contribution in [-0.4, -0.2) is 58.8 Å². The molecular weight excluding hydrogens is 356 g/mol. The Balaban J connectivity index is 1.71. The van der Waals surface area contributed by atoms with Crippen molar-refractivity contribution in [3.8, 4) is 0 Å². The number of aliphatic imine (C=N–C) groups is 1. The van der Waals surface area contributed by atoms with Gasteiger partial charge in [-0.15, -0.1) is 0 Å². The fraction of sp³-hybridized carbons (Fsp3) is 0.619. The molecule has 148 valence electrons. The molecule has 0 bridgehead atoms. The van der Waals surface area contributed by atoms with Crippen LogP contribution >= 0.6 is 11.8 Å². The number of hydrogen-bond donors (Lipinski definition) is 1. The molecule has 2 heterocycles. The number of nitrogens with zero attached hydrogens (tertiary/aromatic N) is 3. The summed E-state index contributed by atoms with van der Waals surface area (Å²) in [6.45, 7) is 9.62. The van der Waals surface area contributed by atoms with Gasteiger partial charge in [0.05, 0.1) is 6.54 Å². The number of carbonyl (C=O) groups excluding carboxylic acids is 1. The van der Waals surface area contributed by atoms with Gasteiger partial charge < -0.3 is 15.1 Å². The van der Waals surface area contributed by atoms with E-state index in [-0.39, 0.29) is 5.91 Å². The van der Waals surface area contributed by atoms with E-state index in [1.165, 1.54) is 17.5 Å². The van der Waals surface area contributed by atoms with Crippen molar-refractivity contribution in [2.24, 2.45) is 4.99 Å². The largest absolute Gasteiger partial charge is 0.357 e. The maximum atomic E-state index is 12.0. The highest BCUT2D eigenvalue weighted by Crippen LogP contribution is 2.22. The lowest BCUT2D eigenvalue weighted by molar-refractivity contribution is -0.128. The summed E-state index contributed by atoms with van der Waals surface area (Å²) < 4.78 is 0. The van der Waals surface area contributed by atoms with Crippen molar-refractivity contribution in [1.82, 2.24) is 15.1 Å². The third kappa shape index (κ3) is 5.41. The van der Waals surface area contributed by atoms with Crippen molar-refractivity contribution < 1.29 is 4.79 Å². The zero-order valence-electron chi connectivity index (χ0n) is 16.6. The Morgan fingerprint density at radius 2 is 2.07 bits per heavy atom. The number of carbonyl (C=O) groups is 1. The summed E-state index contributed by atoms with van der Waals surface area (Å²) in [5, 5.41) is 4.16. The molecule has 1 unspecified atom stereocenters. The average molecular weight is 389 g/mol. The number of rotatable bonds is 6. The van der Waals surface area contributed by atoms with Gasteiger partial charge in [-0.3, -0.25) is 4.79 Å². The molecule has 1 aromatic carbocycles. The second-order valence-corrected chi connectivity index (χ2v) is 8.61. The Morgan fingerprint density at radius 1 is 1.26 bits per heavy atom. The Kier molecular flexibility index (Phi) is 7.44. The Bertz CT molecular complexity index is 663. The third-order valence-electron chi connectivity index (χ3n) is 5.28. The maximum Gasteiger partial charge on any atom is 0.222 e. The van der Waals surface area contributed by atoms with E-state index in [0.29, 0.717) is 24.8 Å². The van der Waals surface area contributed by atoms with Crippen LogP contribution in [0.5, 0.6) is 0 Å². The molecule has 0 saturated carbocycles. The highest BCUT2D eigenvalue weighted by Gasteiger charge is 2.22. The molecular formula is C21H32N4OS. The van der Waals surface area contributed by atoms with Gasteiger partial charge in [0.25, 0.3) is 0 Å². The van der Waals surface area contributed by atoms with Gasteiger partial charge in [0.15, 0.2) is 5.96 Å². The van der Waals surface area contributed by atoms with Crippen LogP contribution in [0.25, 0.3) is 0 Å². The van der Waals surface area contributed by atoms with Gasteiger partial charge in [0, 0.05) is 50.1 Å². The summed E-state index contributed by atoms with van der Waals surface area (Å²) in [7, 11) is 0. The lowest BCUT2D eigenvalue weighted by Gasteiger charge is -2.34. The Morgan fingerprint density at radius 3 is 2.78 bits per heavy atom. The summed E-state index contributed by atoms with van der Waals surface area (Å²) in [5.41, 5.74) is 2.43. The number of hydrogen-bond acceptors (Lipinski definition) is 3. The SMILES string of the molecule is CCNC(=NCc1ccccc1CN1CCCC1=O)N1CCSC(CC)C1. The monoisotopic (exact) mass is 388 g/mol. The first-order valence-electron chi connectivity index (χ1n) is 10.2. The van der Waals surface area contributed by atoms with Crippen molar-refractivity contribution in [2.75, 3.05) is 31.9 Å². The molecule has 2 fully saturated rings. The maximum absolute atomic E-state index is 12.0. The van der Waals surface area contributed by atoms with E-state index in [1.807, 2.05) is 4.90 Å². The van der Waals surface area contributed by atoms with Crippen LogP contribution in [-0.2, 0) is 17.9 Å². The smallest absolute Gasteiger partial charge is 0.222 e. The van der Waals surface area contributed by atoms with Crippen LogP contribution in [0.15, 0.2) is 29.3 Å². The minimum absolute atomic E-state index is 0.276. The number of thioether (sulfide) groups is 1. The first kappa shape index (κ1) is 20.1. The normalized spacial score (nSPS) is 21.0. The van der Waals surface area contributed by atoms with E-state index >= 15 is 0 Å². The minimum Gasteiger partial charge on any atom is -0.357 e. The van der Waals surface area contributed by atoms with Gasteiger partial charge in [0.1, 0.15) is 0 Å². The van der Waals surface area contributed by atoms with E-state index in [0.717, 1.165) is 44.3 Å². The number of benzene rings is 1. The van der Waals surface area contributed by atoms with Gasteiger partial charge in [-0.1, -0.05) is 31.2 Å². The van der Waals surface area contributed by atoms with Crippen LogP contribution < -0.4 is 5.32 Å². The van der Waals surface area contributed by atoms with Gasteiger partial charge in [-0.2, -0.15) is 11.8 Å². The molecule has 1 N–H and O–H groups in total. The fourth-order valence-corrected chi connectivity index (χ4v) is 4.87. The van der Waals surface area contributed by atoms with Crippen LogP contribution in [0.3, 0.4) is 0 Å². The molecule has 0 radical (unpaired) electrons. The lowest BCUT2D eigenvalue weighted by Crippen LogP contribution is -2.48. The van der Waals surface area contributed by atoms with Gasteiger partial charge in [0.2, 0.25) is 5.91 Å². The highest BCUT2D eigenvalue weighted by atomic mass is 32.2. The zero-order valence-corrected chi connectivity index (χ0v) is 17.4. The highest BCUT2D eigenvalue weighted by molar-refractivity contribution is 8.00. The standard InChI is InChI=1S/C21H32N4OS/c1-3-19-16-25(12-13-27-19)21(22-4-2)23-14-17-8-5-6-9-18(17)15-24-11-7-10-20(24)26/h5-6,8-9,19H,3-4,7,10-16H2,1-2H3,(H,22,23). The molecule has 3 rings (SSSR count). The number of amides is 1. The third-order valence-corrected chi connectivity index (χ3v) is 6.65. The molecule has 5 nitrogen and oxygen atoms in total. The molecule has 0 aromatic heterocycles. The molecule has 1 atom stereocenters. The van der Waals surface area contributed by atoms with Crippen molar-refractivity contribution in [3.05, 3.63) is 35.4 Å². The second kappa shape index (κ2) is 10.0. The van der Waals surface area contributed by atoms with E-state index in [9.17, 15) is 4.79 Å². The fourth-order valence-electron chi connectivity index (χ4n) is 3.69. The topological polar surface area (TPSA) is 47.9 Å². The summed E-state index contributed by atoms with van der Waals surface area (Å²) >= 11 is 2.08. The number of likely N-dealkylation sites (tertiary alicyclic amines) is 1. The Hall–Kier alpha value is -1.69.